The molecule has 1 aliphatic heterocycles. The molecule has 0 fully saturated rings. The van der Waals surface area contributed by atoms with Crippen molar-refractivity contribution in [1.82, 2.24) is 10.6 Å². The van der Waals surface area contributed by atoms with E-state index >= 15 is 0 Å². The van der Waals surface area contributed by atoms with Gasteiger partial charge in [-0.15, -0.1) is 0 Å². The van der Waals surface area contributed by atoms with E-state index in [1.165, 1.54) is 11.3 Å². The third kappa shape index (κ3) is 3.87. The predicted octanol–water partition coefficient (Wildman–Crippen LogP) is 0.742. The lowest BCUT2D eigenvalue weighted by Gasteiger charge is -2.27. The Hall–Kier alpha value is -2.24. The molecule has 2 rings (SSSR count). The Bertz CT molecular complexity index is 544. The van der Waals surface area contributed by atoms with Crippen LogP contribution in [0.3, 0.4) is 0 Å². The summed E-state index contributed by atoms with van der Waals surface area (Å²) in [6.45, 7) is 3.13. The van der Waals surface area contributed by atoms with Crippen molar-refractivity contribution in [2.45, 2.75) is 32.4 Å². The van der Waals surface area contributed by atoms with E-state index in [0.29, 0.717) is 6.54 Å². The Kier molecular flexibility index (Phi) is 4.67. The van der Waals surface area contributed by atoms with Crippen LogP contribution in [0.15, 0.2) is 18.2 Å². The summed E-state index contributed by atoms with van der Waals surface area (Å²) in [6.07, 6.45) is 2.22. The first-order chi connectivity index (χ1) is 9.97. The predicted molar refractivity (Wildman–Crippen MR) is 82.1 cm³/mol. The Morgan fingerprint density at radius 3 is 2.90 bits per heavy atom. The van der Waals surface area contributed by atoms with Gasteiger partial charge >= 0.3 is 6.03 Å². The van der Waals surface area contributed by atoms with E-state index in [1.807, 2.05) is 6.07 Å². The highest BCUT2D eigenvalue weighted by Crippen LogP contribution is 2.26. The number of fused-ring (bicyclic) bond motifs is 1. The molecule has 1 aromatic carbocycles. The number of urea groups is 1. The first kappa shape index (κ1) is 15.2. The van der Waals surface area contributed by atoms with Gasteiger partial charge in [-0.2, -0.15) is 0 Å². The van der Waals surface area contributed by atoms with E-state index in [2.05, 4.69) is 34.7 Å². The number of nitrogens with zero attached hydrogens (tertiary/aromatic N) is 1. The molecule has 6 nitrogen and oxygen atoms in total. The lowest BCUT2D eigenvalue weighted by atomic mass is 9.99. The summed E-state index contributed by atoms with van der Waals surface area (Å²) in [6, 6.07) is 4.92. The molecule has 21 heavy (non-hydrogen) atoms. The van der Waals surface area contributed by atoms with Gasteiger partial charge in [0.1, 0.15) is 6.04 Å². The average Bonchev–Trinajstić information content (AvgIpc) is 2.44. The molecule has 1 heterocycles. The SMILES string of the molecule is C[C@@H](NC(N)=O)C(=O)NCc1ccc2c(c1)CCCN2C. The number of carbonyl (C=O) groups excluding carboxylic acids is 2. The summed E-state index contributed by atoms with van der Waals surface area (Å²) < 4.78 is 0. The Morgan fingerprint density at radius 2 is 2.19 bits per heavy atom. The fraction of sp³-hybridized carbons (Fsp3) is 0.467. The quantitative estimate of drug-likeness (QED) is 0.764. The summed E-state index contributed by atoms with van der Waals surface area (Å²) in [5.41, 5.74) is 8.63. The largest absolute Gasteiger partial charge is 0.374 e. The minimum Gasteiger partial charge on any atom is -0.374 e. The number of aryl methyl sites for hydroxylation is 1. The molecule has 1 aromatic rings. The van der Waals surface area contributed by atoms with E-state index in [0.717, 1.165) is 24.9 Å². The lowest BCUT2D eigenvalue weighted by Crippen LogP contribution is -2.46. The van der Waals surface area contributed by atoms with Crippen LogP contribution in [0.25, 0.3) is 0 Å². The third-order valence-corrected chi connectivity index (χ3v) is 3.71. The van der Waals surface area contributed by atoms with Crippen LogP contribution in [0, 0.1) is 0 Å². The van der Waals surface area contributed by atoms with Gasteiger partial charge in [0.15, 0.2) is 0 Å². The Morgan fingerprint density at radius 1 is 1.43 bits per heavy atom. The van der Waals surface area contributed by atoms with Gasteiger partial charge in [0.2, 0.25) is 5.91 Å². The van der Waals surface area contributed by atoms with Crippen LogP contribution in [-0.2, 0) is 17.8 Å². The fourth-order valence-corrected chi connectivity index (χ4v) is 2.57. The first-order valence-electron chi connectivity index (χ1n) is 7.14. The van der Waals surface area contributed by atoms with Gasteiger partial charge in [-0.1, -0.05) is 12.1 Å². The third-order valence-electron chi connectivity index (χ3n) is 3.71. The number of rotatable bonds is 4. The van der Waals surface area contributed by atoms with Crippen molar-refractivity contribution in [2.75, 3.05) is 18.5 Å². The maximum atomic E-state index is 11.8. The van der Waals surface area contributed by atoms with Crippen LogP contribution in [0.1, 0.15) is 24.5 Å². The molecule has 0 spiro atoms. The molecule has 0 unspecified atom stereocenters. The summed E-state index contributed by atoms with van der Waals surface area (Å²) in [5, 5.41) is 5.15. The number of amides is 3. The molecule has 0 saturated carbocycles. The monoisotopic (exact) mass is 290 g/mol. The van der Waals surface area contributed by atoms with E-state index < -0.39 is 12.1 Å². The molecular weight excluding hydrogens is 268 g/mol. The summed E-state index contributed by atoms with van der Waals surface area (Å²) in [4.78, 5) is 24.8. The highest BCUT2D eigenvalue weighted by Gasteiger charge is 2.15. The molecular formula is C15H22N4O2. The van der Waals surface area contributed by atoms with Crippen LogP contribution >= 0.6 is 0 Å². The van der Waals surface area contributed by atoms with Crippen molar-refractivity contribution in [3.63, 3.8) is 0 Å². The fourth-order valence-electron chi connectivity index (χ4n) is 2.57. The number of primary amides is 1. The standard InChI is InChI=1S/C15H22N4O2/c1-10(18-15(16)21)14(20)17-9-11-5-6-13-12(8-11)4-3-7-19(13)2/h5-6,8,10H,3-4,7,9H2,1-2H3,(H,17,20)(H3,16,18,21)/t10-/m1/s1. The number of carbonyl (C=O) groups is 2. The van der Waals surface area contributed by atoms with Crippen molar-refractivity contribution < 1.29 is 9.59 Å². The van der Waals surface area contributed by atoms with Crippen LogP contribution in [0.2, 0.25) is 0 Å². The van der Waals surface area contributed by atoms with Crippen LogP contribution in [0.4, 0.5) is 10.5 Å². The average molecular weight is 290 g/mol. The molecule has 6 heteroatoms. The second-order valence-electron chi connectivity index (χ2n) is 5.44. The van der Waals surface area contributed by atoms with E-state index in [-0.39, 0.29) is 5.91 Å². The zero-order chi connectivity index (χ0) is 15.4. The topological polar surface area (TPSA) is 87.5 Å². The van der Waals surface area contributed by atoms with Crippen LogP contribution in [-0.4, -0.2) is 31.6 Å². The second-order valence-corrected chi connectivity index (χ2v) is 5.44. The molecule has 0 radical (unpaired) electrons. The van der Waals surface area contributed by atoms with Crippen molar-refractivity contribution in [3.8, 4) is 0 Å². The minimum absolute atomic E-state index is 0.247. The molecule has 4 N–H and O–H groups in total. The Labute approximate surface area is 124 Å². The van der Waals surface area contributed by atoms with E-state index in [9.17, 15) is 9.59 Å². The zero-order valence-electron chi connectivity index (χ0n) is 12.5. The summed E-state index contributed by atoms with van der Waals surface area (Å²) in [5.74, 6) is -0.247. The maximum Gasteiger partial charge on any atom is 0.312 e. The Balaban J connectivity index is 1.95. The van der Waals surface area contributed by atoms with Crippen LogP contribution < -0.4 is 21.3 Å². The number of anilines is 1. The van der Waals surface area contributed by atoms with Gasteiger partial charge in [0.25, 0.3) is 0 Å². The normalized spacial score (nSPS) is 15.0. The smallest absolute Gasteiger partial charge is 0.312 e. The second kappa shape index (κ2) is 6.47. The zero-order valence-corrected chi connectivity index (χ0v) is 12.5. The van der Waals surface area contributed by atoms with Gasteiger partial charge in [0.05, 0.1) is 0 Å². The highest BCUT2D eigenvalue weighted by atomic mass is 16.2. The van der Waals surface area contributed by atoms with Crippen LogP contribution in [0.5, 0.6) is 0 Å². The maximum absolute atomic E-state index is 11.8. The minimum atomic E-state index is -0.700. The molecule has 0 bridgehead atoms. The van der Waals surface area contributed by atoms with Gasteiger partial charge in [0, 0.05) is 25.8 Å². The molecule has 114 valence electrons. The molecule has 1 atom stereocenters. The molecule has 0 saturated heterocycles. The van der Waals surface area contributed by atoms with Crippen molar-refractivity contribution in [2.24, 2.45) is 5.73 Å². The highest BCUT2D eigenvalue weighted by molar-refractivity contribution is 5.86. The van der Waals surface area contributed by atoms with Crippen molar-refractivity contribution in [1.29, 1.82) is 0 Å². The summed E-state index contributed by atoms with van der Waals surface area (Å²) in [7, 11) is 2.09. The number of nitrogens with two attached hydrogens (primary N) is 1. The van der Waals surface area contributed by atoms with E-state index in [1.54, 1.807) is 6.92 Å². The number of benzene rings is 1. The van der Waals surface area contributed by atoms with Gasteiger partial charge in [-0.25, -0.2) is 4.79 Å². The molecule has 0 aliphatic carbocycles. The number of nitrogens with one attached hydrogen (secondary N) is 2. The number of hydrogen-bond donors (Lipinski definition) is 3. The van der Waals surface area contributed by atoms with E-state index in [4.69, 9.17) is 5.73 Å². The molecule has 3 amide bonds. The first-order valence-corrected chi connectivity index (χ1v) is 7.14. The lowest BCUT2D eigenvalue weighted by molar-refractivity contribution is -0.122. The number of hydrogen-bond acceptors (Lipinski definition) is 3. The summed E-state index contributed by atoms with van der Waals surface area (Å²) >= 11 is 0. The van der Waals surface area contributed by atoms with Gasteiger partial charge < -0.3 is 21.3 Å². The van der Waals surface area contributed by atoms with Crippen molar-refractivity contribution in [3.05, 3.63) is 29.3 Å². The molecule has 0 aromatic heterocycles. The van der Waals surface area contributed by atoms with Crippen molar-refractivity contribution >= 4 is 17.6 Å². The van der Waals surface area contributed by atoms with Gasteiger partial charge in [-0.3, -0.25) is 4.79 Å². The van der Waals surface area contributed by atoms with Gasteiger partial charge in [-0.05, 0) is 37.0 Å². The molecule has 1 aliphatic rings.